The van der Waals surface area contributed by atoms with Crippen LogP contribution < -0.4 is 9.88 Å². The van der Waals surface area contributed by atoms with Gasteiger partial charge >= 0.3 is 0 Å². The lowest BCUT2D eigenvalue weighted by Gasteiger charge is -2.34. The summed E-state index contributed by atoms with van der Waals surface area (Å²) in [4.78, 5) is 4.53. The minimum atomic E-state index is -3.36. The smallest absolute Gasteiger partial charge is 0.210 e. The van der Waals surface area contributed by atoms with E-state index in [0.717, 1.165) is 38.5 Å². The highest BCUT2D eigenvalue weighted by Gasteiger charge is 2.18. The molecular weight excluding hydrogens is 302 g/mol. The molecule has 7 heteroatoms. The van der Waals surface area contributed by atoms with Gasteiger partial charge in [-0.3, -0.25) is 9.80 Å². The van der Waals surface area contributed by atoms with Crippen LogP contribution in [0.4, 0.5) is 0 Å². The van der Waals surface area contributed by atoms with Gasteiger partial charge < -0.3 is 4.74 Å². The van der Waals surface area contributed by atoms with Crippen LogP contribution in [0.25, 0.3) is 0 Å². The zero-order valence-electron chi connectivity index (χ0n) is 13.1. The van der Waals surface area contributed by atoms with Crippen LogP contribution in [0.15, 0.2) is 24.3 Å². The number of hydrogen-bond donors (Lipinski definition) is 1. The van der Waals surface area contributed by atoms with Crippen LogP contribution in [-0.4, -0.2) is 63.3 Å². The molecule has 2 N–H and O–H groups in total. The molecule has 0 radical (unpaired) electrons. The summed E-state index contributed by atoms with van der Waals surface area (Å²) in [5.74, 6) is 0.936. The third-order valence-electron chi connectivity index (χ3n) is 3.80. The molecule has 2 rings (SSSR count). The third kappa shape index (κ3) is 5.92. The van der Waals surface area contributed by atoms with Gasteiger partial charge in [0.25, 0.3) is 0 Å². The van der Waals surface area contributed by atoms with E-state index < -0.39 is 10.0 Å². The van der Waals surface area contributed by atoms with Gasteiger partial charge in [-0.05, 0) is 24.6 Å². The number of primary sulfonamides is 1. The normalized spacial score (nSPS) is 17.5. The Morgan fingerprint density at radius 1 is 1.09 bits per heavy atom. The predicted octanol–water partition coefficient (Wildman–Crippen LogP) is 0.491. The summed E-state index contributed by atoms with van der Waals surface area (Å²) in [7, 11) is -3.36. The number of rotatable bonds is 7. The van der Waals surface area contributed by atoms with Crippen LogP contribution >= 0.6 is 0 Å². The number of piperazine rings is 1. The first-order chi connectivity index (χ1) is 10.5. The fraction of sp³-hybridized carbons (Fsp3) is 0.600. The summed E-state index contributed by atoms with van der Waals surface area (Å²) >= 11 is 0. The molecule has 0 aliphatic carbocycles. The average Bonchev–Trinajstić information content (AvgIpc) is 2.48. The van der Waals surface area contributed by atoms with Crippen LogP contribution in [0.1, 0.15) is 12.5 Å². The van der Waals surface area contributed by atoms with Crippen molar-refractivity contribution in [3.05, 3.63) is 29.8 Å². The Bertz CT molecular complexity index is 552. The summed E-state index contributed by atoms with van der Waals surface area (Å²) < 4.78 is 27.4. The van der Waals surface area contributed by atoms with Gasteiger partial charge in [-0.15, -0.1) is 0 Å². The Labute approximate surface area is 132 Å². The van der Waals surface area contributed by atoms with Crippen molar-refractivity contribution in [2.75, 3.05) is 45.1 Å². The molecule has 1 aromatic rings. The van der Waals surface area contributed by atoms with Crippen LogP contribution in [0.3, 0.4) is 0 Å². The molecule has 6 nitrogen and oxygen atoms in total. The van der Waals surface area contributed by atoms with Gasteiger partial charge in [0.1, 0.15) is 5.75 Å². The van der Waals surface area contributed by atoms with E-state index in [2.05, 4.69) is 21.9 Å². The van der Waals surface area contributed by atoms with Gasteiger partial charge in [-0.25, -0.2) is 13.6 Å². The highest BCUT2D eigenvalue weighted by molar-refractivity contribution is 7.89. The molecule has 0 spiro atoms. The molecule has 0 unspecified atom stereocenters. The number of ether oxygens (including phenoxy) is 1. The average molecular weight is 327 g/mol. The Morgan fingerprint density at radius 2 is 1.68 bits per heavy atom. The third-order valence-corrected chi connectivity index (χ3v) is 4.55. The molecule has 1 saturated heterocycles. The van der Waals surface area contributed by atoms with Gasteiger partial charge in [0.15, 0.2) is 0 Å². The second-order valence-corrected chi connectivity index (χ2v) is 7.30. The Kier molecular flexibility index (Phi) is 6.19. The molecule has 0 amide bonds. The molecule has 1 aromatic carbocycles. The summed E-state index contributed by atoms with van der Waals surface area (Å²) in [5.41, 5.74) is 1.27. The first-order valence-corrected chi connectivity index (χ1v) is 9.35. The summed E-state index contributed by atoms with van der Waals surface area (Å²) in [6.45, 7) is 7.74. The van der Waals surface area contributed by atoms with E-state index >= 15 is 0 Å². The topological polar surface area (TPSA) is 75.9 Å². The number of nitrogens with two attached hydrogens (primary N) is 1. The highest BCUT2D eigenvalue weighted by Crippen LogP contribution is 2.14. The summed E-state index contributed by atoms with van der Waals surface area (Å²) in [6, 6.07) is 8.19. The van der Waals surface area contributed by atoms with Gasteiger partial charge in [-0.2, -0.15) is 0 Å². The second-order valence-electron chi connectivity index (χ2n) is 5.56. The minimum absolute atomic E-state index is 0.0336. The van der Waals surface area contributed by atoms with Crippen molar-refractivity contribution in [2.45, 2.75) is 13.5 Å². The number of nitrogens with zero attached hydrogens (tertiary/aromatic N) is 2. The van der Waals surface area contributed by atoms with E-state index in [4.69, 9.17) is 9.88 Å². The largest absolute Gasteiger partial charge is 0.494 e. The van der Waals surface area contributed by atoms with Crippen LogP contribution in [0.2, 0.25) is 0 Å². The maximum absolute atomic E-state index is 11.0. The first kappa shape index (κ1) is 17.2. The van der Waals surface area contributed by atoms with Gasteiger partial charge in [-0.1, -0.05) is 12.1 Å². The van der Waals surface area contributed by atoms with Crippen molar-refractivity contribution < 1.29 is 13.2 Å². The van der Waals surface area contributed by atoms with Crippen molar-refractivity contribution in [3.63, 3.8) is 0 Å². The number of benzene rings is 1. The van der Waals surface area contributed by atoms with E-state index in [-0.39, 0.29) is 5.75 Å². The fourth-order valence-corrected chi connectivity index (χ4v) is 3.06. The fourth-order valence-electron chi connectivity index (χ4n) is 2.54. The molecule has 0 bridgehead atoms. The number of sulfonamides is 1. The molecule has 1 heterocycles. The van der Waals surface area contributed by atoms with Gasteiger partial charge in [0, 0.05) is 39.3 Å². The maximum atomic E-state index is 11.0. The van der Waals surface area contributed by atoms with E-state index in [0.29, 0.717) is 13.2 Å². The molecule has 1 fully saturated rings. The van der Waals surface area contributed by atoms with Crippen LogP contribution in [0.5, 0.6) is 5.75 Å². The molecule has 0 atom stereocenters. The predicted molar refractivity (Wildman–Crippen MR) is 87.3 cm³/mol. The Hall–Kier alpha value is -1.15. The molecule has 1 aliphatic heterocycles. The van der Waals surface area contributed by atoms with Crippen molar-refractivity contribution in [3.8, 4) is 5.75 Å². The zero-order chi connectivity index (χ0) is 16.0. The highest BCUT2D eigenvalue weighted by atomic mass is 32.2. The molecule has 0 aromatic heterocycles. The van der Waals surface area contributed by atoms with E-state index in [1.165, 1.54) is 5.56 Å². The monoisotopic (exact) mass is 327 g/mol. The Morgan fingerprint density at radius 3 is 2.23 bits per heavy atom. The van der Waals surface area contributed by atoms with Crippen molar-refractivity contribution in [2.24, 2.45) is 5.14 Å². The minimum Gasteiger partial charge on any atom is -0.494 e. The molecular formula is C15H25N3O3S. The molecule has 124 valence electrons. The van der Waals surface area contributed by atoms with E-state index in [1.807, 2.05) is 19.1 Å². The van der Waals surface area contributed by atoms with E-state index in [9.17, 15) is 8.42 Å². The lowest BCUT2D eigenvalue weighted by Crippen LogP contribution is -2.47. The van der Waals surface area contributed by atoms with Crippen LogP contribution in [-0.2, 0) is 16.6 Å². The van der Waals surface area contributed by atoms with Gasteiger partial charge in [0.05, 0.1) is 12.4 Å². The van der Waals surface area contributed by atoms with Crippen molar-refractivity contribution in [1.82, 2.24) is 9.80 Å². The standard InChI is InChI=1S/C15H25N3O3S/c1-2-21-15-5-3-14(4-6-15)13-18-9-7-17(8-10-18)11-12-22(16,19)20/h3-6H,2,7-13H2,1H3,(H2,16,19,20). The Balaban J connectivity index is 1.75. The van der Waals surface area contributed by atoms with Crippen molar-refractivity contribution in [1.29, 1.82) is 0 Å². The molecule has 22 heavy (non-hydrogen) atoms. The quantitative estimate of drug-likeness (QED) is 0.789. The first-order valence-electron chi connectivity index (χ1n) is 7.63. The SMILES string of the molecule is CCOc1ccc(CN2CCN(CCS(N)(=O)=O)CC2)cc1. The summed E-state index contributed by atoms with van der Waals surface area (Å²) in [5, 5.41) is 5.04. The number of hydrogen-bond acceptors (Lipinski definition) is 5. The van der Waals surface area contributed by atoms with Gasteiger partial charge in [0.2, 0.25) is 10.0 Å². The maximum Gasteiger partial charge on any atom is 0.210 e. The van der Waals surface area contributed by atoms with Crippen LogP contribution in [0, 0.1) is 0 Å². The molecule has 0 saturated carbocycles. The summed E-state index contributed by atoms with van der Waals surface area (Å²) in [6.07, 6.45) is 0. The second kappa shape index (κ2) is 7.92. The van der Waals surface area contributed by atoms with Crippen molar-refractivity contribution >= 4 is 10.0 Å². The lowest BCUT2D eigenvalue weighted by molar-refractivity contribution is 0.132. The van der Waals surface area contributed by atoms with E-state index in [1.54, 1.807) is 0 Å². The molecule has 1 aliphatic rings. The zero-order valence-corrected chi connectivity index (χ0v) is 13.9. The lowest BCUT2D eigenvalue weighted by atomic mass is 10.2.